The molecule has 0 heterocycles. The van der Waals surface area contributed by atoms with Crippen molar-refractivity contribution in [3.05, 3.63) is 12.2 Å². The van der Waals surface area contributed by atoms with Crippen LogP contribution in [0.5, 0.6) is 0 Å². The van der Waals surface area contributed by atoms with Crippen LogP contribution in [-0.4, -0.2) is 75.9 Å². The number of unbranched alkanes of at least 4 members (excludes halogenated alkanes) is 11. The van der Waals surface area contributed by atoms with Gasteiger partial charge in [0.15, 0.2) is 0 Å². The van der Waals surface area contributed by atoms with E-state index in [1.54, 1.807) is 0 Å². The van der Waals surface area contributed by atoms with Crippen molar-refractivity contribution < 1.29 is 31.8 Å². The van der Waals surface area contributed by atoms with E-state index in [2.05, 4.69) is 42.3 Å². The smallest absolute Gasteiger partial charge is 0.397 e. The van der Waals surface area contributed by atoms with E-state index >= 15 is 0 Å². The lowest BCUT2D eigenvalue weighted by atomic mass is 10.1. The van der Waals surface area contributed by atoms with Crippen LogP contribution < -0.4 is 5.11 Å². The van der Waals surface area contributed by atoms with Crippen LogP contribution in [0.3, 0.4) is 0 Å². The van der Waals surface area contributed by atoms with Gasteiger partial charge in [0, 0.05) is 0 Å². The van der Waals surface area contributed by atoms with Crippen molar-refractivity contribution >= 4 is 16.3 Å². The lowest BCUT2D eigenvalue weighted by Crippen LogP contribution is -2.44. The Kier molecular flexibility index (Phi) is 24.5. The van der Waals surface area contributed by atoms with Crippen molar-refractivity contribution in [2.24, 2.45) is 4.99 Å². The molecule has 8 nitrogen and oxygen atoms in total. The second-order valence-corrected chi connectivity index (χ2v) is 10.5. The number of aliphatic hydroxyl groups is 1. The third kappa shape index (κ3) is 31.0. The summed E-state index contributed by atoms with van der Waals surface area (Å²) in [4.78, 5) is 4.15. The number of aliphatic imine (C=N–C) groups is 1. The monoisotopic (exact) mass is 508 g/mol. The third-order valence-corrected chi connectivity index (χ3v) is 5.98. The predicted molar refractivity (Wildman–Crippen MR) is 139 cm³/mol. The lowest BCUT2D eigenvalue weighted by Gasteiger charge is -2.28. The predicted octanol–water partition coefficient (Wildman–Crippen LogP) is 4.29. The van der Waals surface area contributed by atoms with E-state index in [0.717, 1.165) is 26.5 Å². The summed E-state index contributed by atoms with van der Waals surface area (Å²) in [7, 11) is 0.820. The second-order valence-electron chi connectivity index (χ2n) is 9.31. The van der Waals surface area contributed by atoms with Gasteiger partial charge < -0.3 is 14.7 Å². The number of quaternary nitrogens is 1. The van der Waals surface area contributed by atoms with Gasteiger partial charge in [0.1, 0.15) is 6.54 Å². The Bertz CT molecular complexity index is 607. The minimum Gasteiger partial charge on any atom is -0.862 e. The summed E-state index contributed by atoms with van der Waals surface area (Å²) in [6.07, 6.45) is 21.8. The largest absolute Gasteiger partial charge is 0.862 e. The first-order valence-electron chi connectivity index (χ1n) is 12.9. The fourth-order valence-electron chi connectivity index (χ4n) is 3.25. The Balaban J connectivity index is 0. The van der Waals surface area contributed by atoms with E-state index in [-0.39, 0.29) is 12.5 Å². The SMILES string of the molecule is CCCCCCCC/C=C/CCCCCCCC([O-])=NCC[N+](C)(C)CCO.COS(=O)(=O)O. The van der Waals surface area contributed by atoms with Crippen LogP contribution >= 0.6 is 0 Å². The fraction of sp³-hybridized carbons (Fsp3) is 0.880. The van der Waals surface area contributed by atoms with Gasteiger partial charge in [-0.05, 0) is 44.4 Å². The van der Waals surface area contributed by atoms with E-state index in [4.69, 9.17) is 9.66 Å². The number of likely N-dealkylation sites (N-methyl/N-ethyl adjacent to an activating group) is 1. The molecule has 0 radical (unpaired) electrons. The summed E-state index contributed by atoms with van der Waals surface area (Å²) in [6, 6.07) is 0. The first kappa shape index (κ1) is 35.2. The van der Waals surface area contributed by atoms with E-state index in [1.807, 2.05) is 0 Å². The molecule has 34 heavy (non-hydrogen) atoms. The maximum absolute atomic E-state index is 11.8. The van der Waals surface area contributed by atoms with Crippen LogP contribution in [0.25, 0.3) is 0 Å². The molecule has 0 spiro atoms. The average Bonchev–Trinajstić information content (AvgIpc) is 2.76. The van der Waals surface area contributed by atoms with Crippen molar-refractivity contribution in [1.29, 1.82) is 0 Å². The molecule has 0 aliphatic carbocycles. The summed E-state index contributed by atoms with van der Waals surface area (Å²) in [5, 5.41) is 20.8. The zero-order valence-corrected chi connectivity index (χ0v) is 23.0. The maximum Gasteiger partial charge on any atom is 0.397 e. The Morgan fingerprint density at radius 1 is 0.912 bits per heavy atom. The molecule has 0 unspecified atom stereocenters. The lowest BCUT2D eigenvalue weighted by molar-refractivity contribution is -0.889. The van der Waals surface area contributed by atoms with Crippen LogP contribution in [0.4, 0.5) is 0 Å². The number of allylic oxidation sites excluding steroid dienone is 2. The third-order valence-electron chi connectivity index (χ3n) is 5.56. The van der Waals surface area contributed by atoms with Gasteiger partial charge >= 0.3 is 10.4 Å². The molecule has 0 aliphatic rings. The Hall–Kier alpha value is -1.00. The van der Waals surface area contributed by atoms with Crippen LogP contribution in [0.2, 0.25) is 0 Å². The second kappa shape index (κ2) is 23.7. The van der Waals surface area contributed by atoms with E-state index in [9.17, 15) is 13.5 Å². The summed E-state index contributed by atoms with van der Waals surface area (Å²) in [5.74, 6) is 0.0432. The molecule has 0 bridgehead atoms. The summed E-state index contributed by atoms with van der Waals surface area (Å²) in [5.41, 5.74) is 0. The van der Waals surface area contributed by atoms with Gasteiger partial charge in [-0.2, -0.15) is 8.42 Å². The first-order chi connectivity index (χ1) is 16.1. The number of hydrogen-bond donors (Lipinski definition) is 2. The highest BCUT2D eigenvalue weighted by molar-refractivity contribution is 7.80. The van der Waals surface area contributed by atoms with Crippen molar-refractivity contribution in [2.75, 3.05) is 47.4 Å². The van der Waals surface area contributed by atoms with Crippen molar-refractivity contribution in [3.8, 4) is 0 Å². The number of aliphatic hydroxyl groups excluding tert-OH is 1. The van der Waals surface area contributed by atoms with Crippen LogP contribution in [0.15, 0.2) is 17.1 Å². The Morgan fingerprint density at radius 3 is 1.85 bits per heavy atom. The molecular weight excluding hydrogens is 456 g/mol. The molecule has 0 aromatic carbocycles. The minimum atomic E-state index is -4.16. The molecule has 0 rings (SSSR count). The topological polar surface area (TPSA) is 119 Å². The Labute approximate surface area is 209 Å². The molecule has 9 heteroatoms. The molecule has 0 atom stereocenters. The zero-order valence-electron chi connectivity index (χ0n) is 22.2. The molecule has 0 saturated heterocycles. The highest BCUT2D eigenvalue weighted by atomic mass is 32.3. The minimum absolute atomic E-state index is 0.0432. The molecule has 2 N–H and O–H groups in total. The Morgan fingerprint density at radius 2 is 1.38 bits per heavy atom. The maximum atomic E-state index is 11.8. The van der Waals surface area contributed by atoms with Crippen LogP contribution in [0, 0.1) is 0 Å². The van der Waals surface area contributed by atoms with E-state index < -0.39 is 10.4 Å². The molecule has 0 aromatic heterocycles. The van der Waals surface area contributed by atoms with Gasteiger partial charge in [0.25, 0.3) is 0 Å². The van der Waals surface area contributed by atoms with Crippen LogP contribution in [-0.2, 0) is 14.6 Å². The van der Waals surface area contributed by atoms with Gasteiger partial charge in [0.2, 0.25) is 0 Å². The van der Waals surface area contributed by atoms with Gasteiger partial charge in [-0.3, -0.25) is 13.7 Å². The van der Waals surface area contributed by atoms with Crippen molar-refractivity contribution in [2.45, 2.75) is 96.8 Å². The summed E-state index contributed by atoms with van der Waals surface area (Å²) < 4.78 is 30.4. The first-order valence-corrected chi connectivity index (χ1v) is 14.3. The molecule has 0 fully saturated rings. The molecule has 0 aliphatic heterocycles. The average molecular weight is 509 g/mol. The van der Waals surface area contributed by atoms with E-state index in [1.165, 1.54) is 70.6 Å². The van der Waals surface area contributed by atoms with Crippen LogP contribution in [0.1, 0.15) is 96.8 Å². The van der Waals surface area contributed by atoms with Crippen molar-refractivity contribution in [3.63, 3.8) is 0 Å². The van der Waals surface area contributed by atoms with Gasteiger partial charge in [-0.15, -0.1) is 0 Å². The zero-order chi connectivity index (χ0) is 26.1. The quantitative estimate of drug-likeness (QED) is 0.0596. The molecule has 0 aromatic rings. The number of nitrogens with zero attached hydrogens (tertiary/aromatic N) is 2. The summed E-state index contributed by atoms with van der Waals surface area (Å²) >= 11 is 0. The fourth-order valence-corrected chi connectivity index (χ4v) is 3.25. The van der Waals surface area contributed by atoms with Crippen molar-refractivity contribution in [1.82, 2.24) is 0 Å². The van der Waals surface area contributed by atoms with Gasteiger partial charge in [0.05, 0.1) is 40.9 Å². The highest BCUT2D eigenvalue weighted by Crippen LogP contribution is 2.10. The summed E-state index contributed by atoms with van der Waals surface area (Å²) in [6.45, 7) is 4.52. The van der Waals surface area contributed by atoms with Gasteiger partial charge in [-0.1, -0.05) is 70.4 Å². The highest BCUT2D eigenvalue weighted by Gasteiger charge is 2.12. The normalized spacial score (nSPS) is 12.7. The number of rotatable bonds is 21. The molecule has 204 valence electrons. The molecular formula is C25H52N2O6S. The number of hydrogen-bond acceptors (Lipinski definition) is 6. The molecule has 0 saturated carbocycles. The van der Waals surface area contributed by atoms with E-state index in [0.29, 0.717) is 24.0 Å². The standard InChI is InChI=1S/C24H48N2O2.CH4O4S/c1-4-5-6-7-8-9-10-11-12-13-14-15-16-17-18-19-24(28)25-20-21-26(2,3)22-23-27;1-5-6(2,3)4/h11-12,27H,4-10,13-23H2,1-3H3;1H3,(H,2,3,4)/b12-11+;. The molecule has 0 amide bonds. The van der Waals surface area contributed by atoms with Gasteiger partial charge in [-0.25, -0.2) is 0 Å².